The fourth-order valence-electron chi connectivity index (χ4n) is 0.328. The average Bonchev–Trinajstić information content (AvgIpc) is 1.69. The Morgan fingerprint density at radius 1 is 1.38 bits per heavy atom. The van der Waals surface area contributed by atoms with Gasteiger partial charge in [-0.05, 0) is 6.92 Å². The quantitative estimate of drug-likeness (QED) is 0.268. The van der Waals surface area contributed by atoms with Crippen LogP contribution >= 0.6 is 0 Å². The molecule has 0 unspecified atom stereocenters. The summed E-state index contributed by atoms with van der Waals surface area (Å²) in [5, 5.41) is 0. The minimum Gasteiger partial charge on any atom is -0.434 e. The van der Waals surface area contributed by atoms with Crippen LogP contribution in [0.2, 0.25) is 0 Å². The van der Waals surface area contributed by atoms with Crippen LogP contribution in [0.15, 0.2) is 12.4 Å². The van der Waals surface area contributed by atoms with Crippen LogP contribution in [0.1, 0.15) is 5.82 Å². The molecule has 0 saturated heterocycles. The Morgan fingerprint density at radius 3 is 2.12 bits per heavy atom. The topological polar surface area (TPSA) is 25.8 Å². The van der Waals surface area contributed by atoms with E-state index in [-0.39, 0.29) is 18.9 Å². The minimum absolute atomic E-state index is 0. The van der Waals surface area contributed by atoms with Crippen LogP contribution in [0.4, 0.5) is 0 Å². The Labute approximate surface area is 60.5 Å². The number of rotatable bonds is 0. The molecule has 0 bridgehead atoms. The summed E-state index contributed by atoms with van der Waals surface area (Å²) in [5.41, 5.74) is 0. The Bertz CT molecular complexity index is 140. The molecule has 0 spiro atoms. The number of nitrogens with zero attached hydrogens (tertiary/aromatic N) is 2. The van der Waals surface area contributed by atoms with Crippen LogP contribution in [0.3, 0.4) is 0 Å². The van der Waals surface area contributed by atoms with E-state index in [1.54, 1.807) is 12.4 Å². The van der Waals surface area contributed by atoms with E-state index in [0.717, 1.165) is 5.82 Å². The molecule has 0 aliphatic carbocycles. The Balaban J connectivity index is 0.000000490. The van der Waals surface area contributed by atoms with Crippen molar-refractivity contribution in [2.24, 2.45) is 0 Å². The molecule has 1 aromatic heterocycles. The molecule has 0 fully saturated rings. The standard InChI is InChI=1S/C5H5N2.Li/c1-5-6-3-2-4-7-5;/h3-4H,1H3;/q-1;+1. The smallest absolute Gasteiger partial charge is 0.434 e. The molecule has 36 valence electrons. The van der Waals surface area contributed by atoms with E-state index in [9.17, 15) is 0 Å². The van der Waals surface area contributed by atoms with E-state index in [0.29, 0.717) is 0 Å². The maximum absolute atomic E-state index is 3.81. The van der Waals surface area contributed by atoms with Crippen molar-refractivity contribution in [3.05, 3.63) is 24.3 Å². The molecule has 0 radical (unpaired) electrons. The fourth-order valence-corrected chi connectivity index (χ4v) is 0.328. The van der Waals surface area contributed by atoms with E-state index in [1.807, 2.05) is 6.92 Å². The van der Waals surface area contributed by atoms with Crippen LogP contribution in [0.25, 0.3) is 0 Å². The van der Waals surface area contributed by atoms with Gasteiger partial charge >= 0.3 is 18.9 Å². The third-order valence-corrected chi connectivity index (χ3v) is 0.652. The monoisotopic (exact) mass is 100 g/mol. The van der Waals surface area contributed by atoms with Gasteiger partial charge in [-0.15, -0.1) is 12.4 Å². The number of hydrogen-bond donors (Lipinski definition) is 0. The minimum atomic E-state index is 0. The third-order valence-electron chi connectivity index (χ3n) is 0.652. The first-order valence-electron chi connectivity index (χ1n) is 2.04. The average molecular weight is 100 g/mol. The third kappa shape index (κ3) is 2.11. The SMILES string of the molecule is Cc1nc[c-]cn1.[Li+]. The maximum atomic E-state index is 3.81. The first kappa shape index (κ1) is 7.68. The molecule has 1 heterocycles. The molecule has 0 aromatic carbocycles. The molecule has 0 aliphatic heterocycles. The zero-order valence-electron chi connectivity index (χ0n) is 5.05. The second-order valence-corrected chi connectivity index (χ2v) is 1.23. The molecule has 0 amide bonds. The molecular weight excluding hydrogens is 95.0 g/mol. The van der Waals surface area contributed by atoms with Crippen LogP contribution in [-0.4, -0.2) is 9.97 Å². The molecule has 2 nitrogen and oxygen atoms in total. The van der Waals surface area contributed by atoms with Crippen molar-refractivity contribution < 1.29 is 18.9 Å². The largest absolute Gasteiger partial charge is 1.00 e. The summed E-state index contributed by atoms with van der Waals surface area (Å²) in [5.74, 6) is 0.791. The van der Waals surface area contributed by atoms with Gasteiger partial charge in [0.05, 0.1) is 0 Å². The van der Waals surface area contributed by atoms with Crippen molar-refractivity contribution in [3.63, 3.8) is 0 Å². The maximum Gasteiger partial charge on any atom is 1.00 e. The predicted molar refractivity (Wildman–Crippen MR) is 25.6 cm³/mol. The molecule has 1 rings (SSSR count). The summed E-state index contributed by atoms with van der Waals surface area (Å²) in [4.78, 5) is 7.62. The Hall–Kier alpha value is -0.323. The van der Waals surface area contributed by atoms with Gasteiger partial charge in [0.1, 0.15) is 5.82 Å². The van der Waals surface area contributed by atoms with E-state index in [1.165, 1.54) is 0 Å². The summed E-state index contributed by atoms with van der Waals surface area (Å²) >= 11 is 0. The molecular formula is C5H5LiN2. The van der Waals surface area contributed by atoms with Gasteiger partial charge in [0.25, 0.3) is 0 Å². The van der Waals surface area contributed by atoms with E-state index < -0.39 is 0 Å². The molecule has 8 heavy (non-hydrogen) atoms. The summed E-state index contributed by atoms with van der Waals surface area (Å²) < 4.78 is 0. The fraction of sp³-hybridized carbons (Fsp3) is 0.200. The van der Waals surface area contributed by atoms with Crippen molar-refractivity contribution in [1.29, 1.82) is 0 Å². The van der Waals surface area contributed by atoms with Crippen molar-refractivity contribution in [2.75, 3.05) is 0 Å². The van der Waals surface area contributed by atoms with Crippen LogP contribution < -0.4 is 18.9 Å². The number of hydrogen-bond acceptors (Lipinski definition) is 2. The molecule has 0 aliphatic rings. The van der Waals surface area contributed by atoms with Crippen LogP contribution in [0, 0.1) is 13.0 Å². The van der Waals surface area contributed by atoms with Gasteiger partial charge in [-0.1, -0.05) is 0 Å². The molecule has 3 heteroatoms. The predicted octanol–water partition coefficient (Wildman–Crippen LogP) is -2.41. The van der Waals surface area contributed by atoms with Crippen molar-refractivity contribution >= 4 is 0 Å². The van der Waals surface area contributed by atoms with Gasteiger partial charge in [-0.3, -0.25) is 9.97 Å². The van der Waals surface area contributed by atoms with E-state index in [2.05, 4.69) is 16.0 Å². The number of aromatic nitrogens is 2. The molecule has 0 saturated carbocycles. The van der Waals surface area contributed by atoms with Crippen molar-refractivity contribution in [1.82, 2.24) is 9.97 Å². The van der Waals surface area contributed by atoms with Gasteiger partial charge in [-0.25, -0.2) is 0 Å². The first-order valence-corrected chi connectivity index (χ1v) is 2.04. The molecule has 0 N–H and O–H groups in total. The molecule has 1 aromatic rings. The summed E-state index contributed by atoms with van der Waals surface area (Å²) in [6.45, 7) is 1.84. The summed E-state index contributed by atoms with van der Waals surface area (Å²) in [6.07, 6.45) is 3.20. The van der Waals surface area contributed by atoms with Gasteiger partial charge in [0, 0.05) is 0 Å². The van der Waals surface area contributed by atoms with Crippen LogP contribution in [-0.2, 0) is 0 Å². The Kier molecular flexibility index (Phi) is 3.50. The van der Waals surface area contributed by atoms with Crippen LogP contribution in [0.5, 0.6) is 0 Å². The van der Waals surface area contributed by atoms with E-state index >= 15 is 0 Å². The second kappa shape index (κ2) is 3.65. The van der Waals surface area contributed by atoms with Gasteiger partial charge in [-0.2, -0.15) is 0 Å². The van der Waals surface area contributed by atoms with Gasteiger partial charge < -0.3 is 6.07 Å². The van der Waals surface area contributed by atoms with E-state index in [4.69, 9.17) is 0 Å². The first-order chi connectivity index (χ1) is 3.39. The zero-order valence-corrected chi connectivity index (χ0v) is 5.05. The van der Waals surface area contributed by atoms with Gasteiger partial charge in [0.2, 0.25) is 0 Å². The number of aryl methyl sites for hydroxylation is 1. The second-order valence-electron chi connectivity index (χ2n) is 1.23. The van der Waals surface area contributed by atoms with Crippen molar-refractivity contribution in [3.8, 4) is 0 Å². The summed E-state index contributed by atoms with van der Waals surface area (Å²) in [7, 11) is 0. The Morgan fingerprint density at radius 2 is 1.88 bits per heavy atom. The zero-order chi connectivity index (χ0) is 5.11. The summed E-state index contributed by atoms with van der Waals surface area (Å²) in [6, 6.07) is 2.71. The molecule has 0 atom stereocenters. The normalized spacial score (nSPS) is 7.62. The van der Waals surface area contributed by atoms with Crippen molar-refractivity contribution in [2.45, 2.75) is 6.92 Å². The van der Waals surface area contributed by atoms with Gasteiger partial charge in [0.15, 0.2) is 0 Å².